The average Bonchev–Trinajstić information content (AvgIpc) is 2.83. The van der Waals surface area contributed by atoms with Gasteiger partial charge in [0.05, 0.1) is 12.1 Å². The first-order valence-corrected chi connectivity index (χ1v) is 7.59. The average molecular weight is 287 g/mol. The van der Waals surface area contributed by atoms with E-state index in [9.17, 15) is 4.79 Å². The summed E-state index contributed by atoms with van der Waals surface area (Å²) in [5, 5.41) is 2.37. The maximum Gasteiger partial charge on any atom is 0.233 e. The fraction of sp³-hybridized carbons (Fsp3) is 0.333. The van der Waals surface area contributed by atoms with Crippen molar-refractivity contribution in [1.82, 2.24) is 4.98 Å². The highest BCUT2D eigenvalue weighted by Gasteiger charge is 2.26. The number of para-hydroxylation sites is 1. The molecule has 2 N–H and O–H groups in total. The van der Waals surface area contributed by atoms with Gasteiger partial charge in [-0.2, -0.15) is 0 Å². The monoisotopic (exact) mass is 287 g/mol. The molecule has 0 radical (unpaired) electrons. The largest absolute Gasteiger partial charge is 0.375 e. The minimum atomic E-state index is 0.0919. The Balaban J connectivity index is 1.84. The van der Waals surface area contributed by atoms with E-state index in [1.807, 2.05) is 28.5 Å². The second kappa shape index (κ2) is 5.25. The molecule has 0 fully saturated rings. The van der Waals surface area contributed by atoms with Crippen LogP contribution in [0.3, 0.4) is 0 Å². The lowest BCUT2D eigenvalue weighted by Crippen LogP contribution is -2.40. The van der Waals surface area contributed by atoms with Crippen LogP contribution < -0.4 is 10.6 Å². The molecule has 0 aliphatic carbocycles. The minimum Gasteiger partial charge on any atom is -0.375 e. The van der Waals surface area contributed by atoms with Crippen LogP contribution in [-0.2, 0) is 17.6 Å². The summed E-state index contributed by atoms with van der Waals surface area (Å²) in [6, 6.07) is 8.14. The lowest BCUT2D eigenvalue weighted by atomic mass is 9.93. The molecule has 0 saturated heterocycles. The fourth-order valence-electron chi connectivity index (χ4n) is 2.69. The molecule has 0 bridgehead atoms. The number of nitrogen functional groups attached to an aromatic ring is 1. The van der Waals surface area contributed by atoms with Crippen molar-refractivity contribution in [3.05, 3.63) is 40.9 Å². The number of hydrogen-bond acceptors (Lipinski definition) is 4. The van der Waals surface area contributed by atoms with E-state index < -0.39 is 0 Å². The Morgan fingerprint density at radius 1 is 1.50 bits per heavy atom. The quantitative estimate of drug-likeness (QED) is 0.923. The Bertz CT molecular complexity index is 638. The lowest BCUT2D eigenvalue weighted by molar-refractivity contribution is -0.118. The molecule has 1 unspecified atom stereocenters. The molecule has 2 heterocycles. The third-order valence-corrected chi connectivity index (χ3v) is 4.27. The van der Waals surface area contributed by atoms with Crippen LogP contribution in [0.2, 0.25) is 0 Å². The van der Waals surface area contributed by atoms with Gasteiger partial charge in [-0.25, -0.2) is 4.98 Å². The highest BCUT2D eigenvalue weighted by atomic mass is 32.1. The van der Waals surface area contributed by atoms with Gasteiger partial charge < -0.3 is 10.6 Å². The molecule has 20 heavy (non-hydrogen) atoms. The predicted octanol–water partition coefficient (Wildman–Crippen LogP) is 2.49. The molecule has 0 saturated carbocycles. The van der Waals surface area contributed by atoms with Crippen LogP contribution in [0, 0.1) is 5.92 Å². The van der Waals surface area contributed by atoms with E-state index in [0.29, 0.717) is 17.5 Å². The van der Waals surface area contributed by atoms with Crippen molar-refractivity contribution in [2.75, 3.05) is 17.2 Å². The zero-order chi connectivity index (χ0) is 14.1. The van der Waals surface area contributed by atoms with Gasteiger partial charge in [0.2, 0.25) is 5.91 Å². The molecule has 5 heteroatoms. The van der Waals surface area contributed by atoms with Crippen molar-refractivity contribution in [2.45, 2.75) is 19.8 Å². The van der Waals surface area contributed by atoms with Crippen LogP contribution in [0.5, 0.6) is 0 Å². The predicted molar refractivity (Wildman–Crippen MR) is 81.9 cm³/mol. The Morgan fingerprint density at radius 2 is 2.30 bits per heavy atom. The van der Waals surface area contributed by atoms with E-state index >= 15 is 0 Å². The highest BCUT2D eigenvalue weighted by molar-refractivity contribution is 7.13. The maximum absolute atomic E-state index is 12.5. The van der Waals surface area contributed by atoms with Crippen molar-refractivity contribution in [3.8, 4) is 0 Å². The van der Waals surface area contributed by atoms with Crippen molar-refractivity contribution in [1.29, 1.82) is 0 Å². The zero-order valence-corrected chi connectivity index (χ0v) is 12.2. The number of aromatic nitrogens is 1. The maximum atomic E-state index is 12.5. The molecular weight excluding hydrogens is 270 g/mol. The van der Waals surface area contributed by atoms with E-state index in [1.54, 1.807) is 0 Å². The van der Waals surface area contributed by atoms with Gasteiger partial charge in [-0.1, -0.05) is 25.1 Å². The van der Waals surface area contributed by atoms with E-state index in [0.717, 1.165) is 24.3 Å². The lowest BCUT2D eigenvalue weighted by Gasteiger charge is -2.33. The Labute approximate surface area is 122 Å². The molecular formula is C15H17N3OS. The standard InChI is InChI=1S/C15H17N3OS/c1-10-6-11-4-2-3-5-13(11)18(8-10)14(19)7-12-9-20-15(16)17-12/h2-5,9-10H,6-8H2,1H3,(H2,16,17). The zero-order valence-electron chi connectivity index (χ0n) is 11.4. The number of nitrogens with two attached hydrogens (primary N) is 1. The molecule has 2 aromatic rings. The van der Waals surface area contributed by atoms with Gasteiger partial charge >= 0.3 is 0 Å². The van der Waals surface area contributed by atoms with Crippen LogP contribution >= 0.6 is 11.3 Å². The number of rotatable bonds is 2. The van der Waals surface area contributed by atoms with Crippen molar-refractivity contribution >= 4 is 28.1 Å². The molecule has 1 aliphatic heterocycles. The van der Waals surface area contributed by atoms with Crippen LogP contribution in [0.15, 0.2) is 29.6 Å². The number of carbonyl (C=O) groups is 1. The SMILES string of the molecule is CC1Cc2ccccc2N(C(=O)Cc2csc(N)n2)C1. The van der Waals surface area contributed by atoms with Gasteiger partial charge in [0.1, 0.15) is 0 Å². The smallest absolute Gasteiger partial charge is 0.233 e. The molecule has 1 atom stereocenters. The summed E-state index contributed by atoms with van der Waals surface area (Å²) in [4.78, 5) is 18.6. The topological polar surface area (TPSA) is 59.2 Å². The first-order valence-electron chi connectivity index (χ1n) is 6.71. The number of fused-ring (bicyclic) bond motifs is 1. The van der Waals surface area contributed by atoms with Crippen molar-refractivity contribution in [3.63, 3.8) is 0 Å². The summed E-state index contributed by atoms with van der Waals surface area (Å²) in [6.07, 6.45) is 1.35. The summed E-state index contributed by atoms with van der Waals surface area (Å²) in [5.41, 5.74) is 8.66. The molecule has 1 amide bonds. The molecule has 0 spiro atoms. The van der Waals surface area contributed by atoms with E-state index in [2.05, 4.69) is 18.0 Å². The van der Waals surface area contributed by atoms with E-state index in [-0.39, 0.29) is 5.91 Å². The molecule has 1 aromatic carbocycles. The number of nitrogens with zero attached hydrogens (tertiary/aromatic N) is 2. The number of amides is 1. The van der Waals surface area contributed by atoms with Crippen molar-refractivity contribution < 1.29 is 4.79 Å². The third-order valence-electron chi connectivity index (χ3n) is 3.55. The van der Waals surface area contributed by atoms with Gasteiger partial charge in [0.15, 0.2) is 5.13 Å². The van der Waals surface area contributed by atoms with Crippen LogP contribution in [0.1, 0.15) is 18.2 Å². The highest BCUT2D eigenvalue weighted by Crippen LogP contribution is 2.30. The minimum absolute atomic E-state index is 0.0919. The number of thiazole rings is 1. The molecule has 104 valence electrons. The van der Waals surface area contributed by atoms with Crippen LogP contribution in [-0.4, -0.2) is 17.4 Å². The van der Waals surface area contributed by atoms with Crippen LogP contribution in [0.4, 0.5) is 10.8 Å². The number of hydrogen-bond donors (Lipinski definition) is 1. The van der Waals surface area contributed by atoms with Gasteiger partial charge in [-0.15, -0.1) is 11.3 Å². The third kappa shape index (κ3) is 2.54. The summed E-state index contributed by atoms with van der Waals surface area (Å²) in [6.45, 7) is 2.95. The second-order valence-corrected chi connectivity index (χ2v) is 6.19. The Morgan fingerprint density at radius 3 is 3.05 bits per heavy atom. The number of benzene rings is 1. The normalized spacial score (nSPS) is 17.9. The van der Waals surface area contributed by atoms with Gasteiger partial charge in [-0.3, -0.25) is 4.79 Å². The van der Waals surface area contributed by atoms with Gasteiger partial charge in [-0.05, 0) is 24.0 Å². The summed E-state index contributed by atoms with van der Waals surface area (Å²) < 4.78 is 0. The molecule has 1 aromatic heterocycles. The molecule has 3 rings (SSSR count). The van der Waals surface area contributed by atoms with Gasteiger partial charge in [0.25, 0.3) is 0 Å². The number of anilines is 2. The van der Waals surface area contributed by atoms with Gasteiger partial charge in [0, 0.05) is 17.6 Å². The first kappa shape index (κ1) is 13.1. The van der Waals surface area contributed by atoms with E-state index in [4.69, 9.17) is 5.73 Å². The Kier molecular flexibility index (Phi) is 3.44. The molecule has 4 nitrogen and oxygen atoms in total. The van der Waals surface area contributed by atoms with E-state index in [1.165, 1.54) is 16.9 Å². The first-order chi connectivity index (χ1) is 9.63. The summed E-state index contributed by atoms with van der Waals surface area (Å²) in [5.74, 6) is 0.573. The van der Waals surface area contributed by atoms with Crippen LogP contribution in [0.25, 0.3) is 0 Å². The number of carbonyl (C=O) groups excluding carboxylic acids is 1. The second-order valence-electron chi connectivity index (χ2n) is 5.30. The Hall–Kier alpha value is -1.88. The van der Waals surface area contributed by atoms with Crippen molar-refractivity contribution in [2.24, 2.45) is 5.92 Å². The fourth-order valence-corrected chi connectivity index (χ4v) is 3.25. The summed E-state index contributed by atoms with van der Waals surface area (Å²) >= 11 is 1.38. The summed E-state index contributed by atoms with van der Waals surface area (Å²) in [7, 11) is 0. The molecule has 1 aliphatic rings.